The van der Waals surface area contributed by atoms with Crippen LogP contribution >= 0.6 is 0 Å². The Morgan fingerprint density at radius 1 is 1.12 bits per heavy atom. The quantitative estimate of drug-likeness (QED) is 0.835. The number of amides is 2. The number of carbonyl (C=O) groups excluding carboxylic acids is 2. The first-order valence-electron chi connectivity index (χ1n) is 9.84. The molecule has 1 aromatic carbocycles. The fraction of sp³-hybridized carbons (Fsp3) is 0.619. The molecule has 0 radical (unpaired) electrons. The lowest BCUT2D eigenvalue weighted by atomic mass is 9.86. The van der Waals surface area contributed by atoms with E-state index in [1.54, 1.807) is 0 Å². The van der Waals surface area contributed by atoms with Crippen LogP contribution in [0.2, 0.25) is 0 Å². The van der Waals surface area contributed by atoms with E-state index < -0.39 is 0 Å². The number of nitrogens with zero attached hydrogens (tertiary/aromatic N) is 2. The molecule has 140 valence electrons. The molecular formula is C21H28N2O3. The van der Waals surface area contributed by atoms with E-state index in [0.717, 1.165) is 31.2 Å². The second-order valence-corrected chi connectivity index (χ2v) is 7.90. The molecule has 2 saturated heterocycles. The standard InChI is InChI=1S/C21H28N2O3/c1-2-23-18(24)8-13-22(16-20(23)11-14-26-15-12-20)19(25)21(9-10-21)17-6-4-3-5-7-17/h3-7H,2,8-16H2,1H3. The van der Waals surface area contributed by atoms with Gasteiger partial charge < -0.3 is 14.5 Å². The predicted octanol–water partition coefficient (Wildman–Crippen LogP) is 2.35. The Balaban J connectivity index is 1.62. The van der Waals surface area contributed by atoms with Gasteiger partial charge in [0.05, 0.1) is 11.0 Å². The van der Waals surface area contributed by atoms with Crippen molar-refractivity contribution < 1.29 is 14.3 Å². The summed E-state index contributed by atoms with van der Waals surface area (Å²) in [4.78, 5) is 30.3. The zero-order valence-corrected chi connectivity index (χ0v) is 15.6. The fourth-order valence-corrected chi connectivity index (χ4v) is 4.83. The molecule has 0 aromatic heterocycles. The molecule has 2 aliphatic heterocycles. The van der Waals surface area contributed by atoms with Crippen LogP contribution in [0.15, 0.2) is 30.3 Å². The van der Waals surface area contributed by atoms with Gasteiger partial charge in [-0.15, -0.1) is 0 Å². The van der Waals surface area contributed by atoms with Crippen LogP contribution < -0.4 is 0 Å². The molecule has 2 heterocycles. The Morgan fingerprint density at radius 3 is 2.42 bits per heavy atom. The first-order valence-corrected chi connectivity index (χ1v) is 9.84. The third-order valence-corrected chi connectivity index (χ3v) is 6.47. The summed E-state index contributed by atoms with van der Waals surface area (Å²) in [7, 11) is 0. The summed E-state index contributed by atoms with van der Waals surface area (Å²) >= 11 is 0. The molecule has 5 heteroatoms. The highest BCUT2D eigenvalue weighted by Gasteiger charge is 2.55. The van der Waals surface area contributed by atoms with Crippen molar-refractivity contribution in [1.82, 2.24) is 9.80 Å². The van der Waals surface area contributed by atoms with Crippen molar-refractivity contribution in [3.05, 3.63) is 35.9 Å². The summed E-state index contributed by atoms with van der Waals surface area (Å²) in [5, 5.41) is 0. The summed E-state index contributed by atoms with van der Waals surface area (Å²) in [5.41, 5.74) is 0.495. The molecule has 2 amide bonds. The van der Waals surface area contributed by atoms with Crippen LogP contribution in [0.1, 0.15) is 44.6 Å². The highest BCUT2D eigenvalue weighted by atomic mass is 16.5. The van der Waals surface area contributed by atoms with Crippen LogP contribution in [0.3, 0.4) is 0 Å². The van der Waals surface area contributed by atoms with E-state index >= 15 is 0 Å². The highest BCUT2D eigenvalue weighted by Crippen LogP contribution is 2.50. The van der Waals surface area contributed by atoms with E-state index in [4.69, 9.17) is 4.74 Å². The summed E-state index contributed by atoms with van der Waals surface area (Å²) < 4.78 is 5.57. The van der Waals surface area contributed by atoms with E-state index in [9.17, 15) is 9.59 Å². The van der Waals surface area contributed by atoms with E-state index in [0.29, 0.717) is 39.3 Å². The zero-order chi connectivity index (χ0) is 18.2. The van der Waals surface area contributed by atoms with E-state index in [2.05, 4.69) is 12.1 Å². The van der Waals surface area contributed by atoms with E-state index in [1.165, 1.54) is 0 Å². The third-order valence-electron chi connectivity index (χ3n) is 6.47. The normalized spacial score (nSPS) is 24.4. The topological polar surface area (TPSA) is 49.9 Å². The molecule has 3 aliphatic rings. The van der Waals surface area contributed by atoms with Crippen molar-refractivity contribution in [2.75, 3.05) is 32.8 Å². The summed E-state index contributed by atoms with van der Waals surface area (Å²) in [6.07, 6.45) is 3.87. The van der Waals surface area contributed by atoms with Crippen LogP contribution in [0.5, 0.6) is 0 Å². The number of benzene rings is 1. The molecule has 0 N–H and O–H groups in total. The average molecular weight is 356 g/mol. The van der Waals surface area contributed by atoms with Crippen molar-refractivity contribution in [2.24, 2.45) is 0 Å². The Morgan fingerprint density at radius 2 is 1.81 bits per heavy atom. The Kier molecular flexibility index (Phi) is 4.51. The van der Waals surface area contributed by atoms with Gasteiger partial charge in [-0.25, -0.2) is 0 Å². The van der Waals surface area contributed by atoms with E-state index in [-0.39, 0.29) is 22.8 Å². The smallest absolute Gasteiger partial charge is 0.233 e. The molecule has 1 spiro atoms. The molecule has 1 aliphatic carbocycles. The van der Waals surface area contributed by atoms with Crippen LogP contribution in [0.4, 0.5) is 0 Å². The molecule has 5 nitrogen and oxygen atoms in total. The van der Waals surface area contributed by atoms with Gasteiger partial charge in [0.1, 0.15) is 0 Å². The zero-order valence-electron chi connectivity index (χ0n) is 15.6. The summed E-state index contributed by atoms with van der Waals surface area (Å²) in [6.45, 7) is 5.24. The number of rotatable bonds is 3. The second-order valence-electron chi connectivity index (χ2n) is 7.90. The van der Waals surface area contributed by atoms with Crippen molar-refractivity contribution in [1.29, 1.82) is 0 Å². The van der Waals surface area contributed by atoms with Crippen molar-refractivity contribution in [2.45, 2.75) is 50.0 Å². The predicted molar refractivity (Wildman–Crippen MR) is 98.7 cm³/mol. The minimum absolute atomic E-state index is 0.175. The Labute approximate surface area is 155 Å². The first kappa shape index (κ1) is 17.5. The number of carbonyl (C=O) groups is 2. The maximum Gasteiger partial charge on any atom is 0.233 e. The number of likely N-dealkylation sites (N-methyl/N-ethyl adjacent to an activating group) is 1. The van der Waals surface area contributed by atoms with Crippen LogP contribution in [-0.4, -0.2) is 60.0 Å². The SMILES string of the molecule is CCN1C(=O)CCN(C(=O)C2(c3ccccc3)CC2)CC12CCOCC2. The lowest BCUT2D eigenvalue weighted by Gasteiger charge is -2.46. The van der Waals surface area contributed by atoms with Gasteiger partial charge in [0.15, 0.2) is 0 Å². The lowest BCUT2D eigenvalue weighted by molar-refractivity contribution is -0.142. The summed E-state index contributed by atoms with van der Waals surface area (Å²) in [5.74, 6) is 0.384. The minimum atomic E-state index is -0.363. The Bertz CT molecular complexity index is 678. The molecule has 1 saturated carbocycles. The summed E-state index contributed by atoms with van der Waals surface area (Å²) in [6, 6.07) is 10.1. The highest BCUT2D eigenvalue weighted by molar-refractivity contribution is 5.92. The second kappa shape index (κ2) is 6.69. The molecule has 0 atom stereocenters. The fourth-order valence-electron chi connectivity index (χ4n) is 4.83. The largest absolute Gasteiger partial charge is 0.381 e. The van der Waals surface area contributed by atoms with Gasteiger partial charge in [-0.1, -0.05) is 30.3 Å². The van der Waals surface area contributed by atoms with Gasteiger partial charge in [0.2, 0.25) is 11.8 Å². The number of hydrogen-bond donors (Lipinski definition) is 0. The molecule has 0 unspecified atom stereocenters. The molecule has 26 heavy (non-hydrogen) atoms. The lowest BCUT2D eigenvalue weighted by Crippen LogP contribution is -2.59. The molecule has 4 rings (SSSR count). The maximum absolute atomic E-state index is 13.5. The minimum Gasteiger partial charge on any atom is -0.381 e. The third kappa shape index (κ3) is 2.82. The van der Waals surface area contributed by atoms with Gasteiger partial charge in [-0.3, -0.25) is 9.59 Å². The van der Waals surface area contributed by atoms with Crippen molar-refractivity contribution in [3.8, 4) is 0 Å². The van der Waals surface area contributed by atoms with Gasteiger partial charge in [-0.2, -0.15) is 0 Å². The molecule has 3 fully saturated rings. The van der Waals surface area contributed by atoms with Crippen LogP contribution in [-0.2, 0) is 19.7 Å². The number of hydrogen-bond acceptors (Lipinski definition) is 3. The van der Waals surface area contributed by atoms with Gasteiger partial charge in [0.25, 0.3) is 0 Å². The van der Waals surface area contributed by atoms with Crippen molar-refractivity contribution in [3.63, 3.8) is 0 Å². The number of ether oxygens (including phenoxy) is 1. The van der Waals surface area contributed by atoms with Gasteiger partial charge in [0, 0.05) is 39.3 Å². The van der Waals surface area contributed by atoms with Crippen molar-refractivity contribution >= 4 is 11.8 Å². The first-order chi connectivity index (χ1) is 12.6. The Hall–Kier alpha value is -1.88. The molecule has 0 bridgehead atoms. The molecule has 1 aromatic rings. The average Bonchev–Trinajstić information content (AvgIpc) is 3.49. The van der Waals surface area contributed by atoms with E-state index in [1.807, 2.05) is 34.9 Å². The van der Waals surface area contributed by atoms with Crippen LogP contribution in [0.25, 0.3) is 0 Å². The van der Waals surface area contributed by atoms with Crippen LogP contribution in [0, 0.1) is 0 Å². The van der Waals surface area contributed by atoms with Gasteiger partial charge in [-0.05, 0) is 38.2 Å². The monoisotopic (exact) mass is 356 g/mol. The maximum atomic E-state index is 13.5. The van der Waals surface area contributed by atoms with Gasteiger partial charge >= 0.3 is 0 Å². The molecular weight excluding hydrogens is 328 g/mol.